The lowest BCUT2D eigenvalue weighted by atomic mass is 10.1. The first kappa shape index (κ1) is 13.3. The largest absolute Gasteiger partial charge is 0.372 e. The molecule has 100 valence electrons. The van der Waals surface area contributed by atoms with Crippen LogP contribution < -0.4 is 10.6 Å². The summed E-state index contributed by atoms with van der Waals surface area (Å²) in [6.45, 7) is 8.14. The molecule has 0 saturated carbocycles. The Bertz CT molecular complexity index is 369. The van der Waals surface area contributed by atoms with Crippen LogP contribution >= 0.6 is 0 Å². The highest BCUT2D eigenvalue weighted by atomic mass is 16.5. The molecule has 0 aromatic carbocycles. The van der Waals surface area contributed by atoms with Gasteiger partial charge in [0.25, 0.3) is 0 Å². The van der Waals surface area contributed by atoms with Gasteiger partial charge in [-0.1, -0.05) is 6.92 Å². The number of hydrogen-bond acceptors (Lipinski definition) is 4. The summed E-state index contributed by atoms with van der Waals surface area (Å²) in [6, 6.07) is 4.19. The Labute approximate surface area is 109 Å². The van der Waals surface area contributed by atoms with Gasteiger partial charge in [0.2, 0.25) is 0 Å². The van der Waals surface area contributed by atoms with Crippen LogP contribution in [0.3, 0.4) is 0 Å². The molecular formula is C14H23N3O. The molecule has 2 rings (SSSR count). The zero-order valence-corrected chi connectivity index (χ0v) is 11.5. The number of hydrogen-bond donors (Lipinski definition) is 1. The van der Waals surface area contributed by atoms with E-state index in [4.69, 9.17) is 10.5 Å². The highest BCUT2D eigenvalue weighted by molar-refractivity contribution is 5.45. The molecule has 0 amide bonds. The summed E-state index contributed by atoms with van der Waals surface area (Å²) in [7, 11) is 0. The molecule has 2 heterocycles. The van der Waals surface area contributed by atoms with Gasteiger partial charge in [0.1, 0.15) is 0 Å². The first-order valence-electron chi connectivity index (χ1n) is 6.72. The van der Waals surface area contributed by atoms with Crippen LogP contribution in [0.25, 0.3) is 0 Å². The molecule has 3 atom stereocenters. The molecule has 4 nitrogen and oxygen atoms in total. The maximum Gasteiger partial charge on any atom is 0.0726 e. The third kappa shape index (κ3) is 3.00. The van der Waals surface area contributed by atoms with Gasteiger partial charge in [0, 0.05) is 19.1 Å². The lowest BCUT2D eigenvalue weighted by molar-refractivity contribution is -0.00523. The van der Waals surface area contributed by atoms with Crippen LogP contribution in [-0.4, -0.2) is 30.3 Å². The van der Waals surface area contributed by atoms with Gasteiger partial charge < -0.3 is 15.4 Å². The summed E-state index contributed by atoms with van der Waals surface area (Å²) in [5, 5.41) is 0. The Hall–Kier alpha value is -1.13. The summed E-state index contributed by atoms with van der Waals surface area (Å²) in [4.78, 5) is 6.79. The summed E-state index contributed by atoms with van der Waals surface area (Å²) in [6.07, 6.45) is 3.38. The maximum atomic E-state index is 5.97. The lowest BCUT2D eigenvalue weighted by Crippen LogP contribution is -2.45. The van der Waals surface area contributed by atoms with Gasteiger partial charge in [-0.15, -0.1) is 0 Å². The standard InChI is InChI=1S/C14H23N3O/c1-4-13(15)14-6-5-12(7-16-14)17-8-10(2)18-11(3)9-17/h5-7,10-11,13H,4,8-9,15H2,1-3H3/t10?,11?,13-/m0/s1. The monoisotopic (exact) mass is 249 g/mol. The highest BCUT2D eigenvalue weighted by Crippen LogP contribution is 2.21. The van der Waals surface area contributed by atoms with Crippen molar-refractivity contribution < 1.29 is 4.74 Å². The number of morpholine rings is 1. The van der Waals surface area contributed by atoms with Crippen LogP contribution in [0.5, 0.6) is 0 Å². The number of pyridine rings is 1. The SMILES string of the molecule is CC[C@H](N)c1ccc(N2CC(C)OC(C)C2)cn1. The zero-order valence-electron chi connectivity index (χ0n) is 11.5. The van der Waals surface area contributed by atoms with Crippen molar-refractivity contribution in [3.8, 4) is 0 Å². The third-order valence-corrected chi connectivity index (χ3v) is 3.38. The summed E-state index contributed by atoms with van der Waals surface area (Å²) in [5.74, 6) is 0. The smallest absolute Gasteiger partial charge is 0.0726 e. The number of nitrogens with zero attached hydrogens (tertiary/aromatic N) is 2. The minimum absolute atomic E-state index is 0.0431. The minimum atomic E-state index is 0.0431. The summed E-state index contributed by atoms with van der Waals surface area (Å²) >= 11 is 0. The molecule has 0 bridgehead atoms. The topological polar surface area (TPSA) is 51.4 Å². The highest BCUT2D eigenvalue weighted by Gasteiger charge is 2.22. The van der Waals surface area contributed by atoms with Crippen LogP contribution in [0, 0.1) is 0 Å². The predicted octanol–water partition coefficient (Wildman–Crippen LogP) is 2.10. The first-order valence-corrected chi connectivity index (χ1v) is 6.72. The molecule has 4 heteroatoms. The van der Waals surface area contributed by atoms with Gasteiger partial charge in [-0.25, -0.2) is 0 Å². The van der Waals surface area contributed by atoms with Crippen molar-refractivity contribution in [3.05, 3.63) is 24.0 Å². The van der Waals surface area contributed by atoms with E-state index >= 15 is 0 Å². The maximum absolute atomic E-state index is 5.97. The van der Waals surface area contributed by atoms with E-state index in [0.717, 1.165) is 30.9 Å². The average Bonchev–Trinajstić information content (AvgIpc) is 2.37. The third-order valence-electron chi connectivity index (χ3n) is 3.38. The van der Waals surface area contributed by atoms with Gasteiger partial charge in [-0.2, -0.15) is 0 Å². The van der Waals surface area contributed by atoms with E-state index in [9.17, 15) is 0 Å². The Morgan fingerprint density at radius 2 is 2.06 bits per heavy atom. The second-order valence-corrected chi connectivity index (χ2v) is 5.12. The molecule has 0 spiro atoms. The molecule has 2 N–H and O–H groups in total. The average molecular weight is 249 g/mol. The number of rotatable bonds is 3. The summed E-state index contributed by atoms with van der Waals surface area (Å²) in [5.41, 5.74) is 8.10. The fourth-order valence-electron chi connectivity index (χ4n) is 2.40. The van der Waals surface area contributed by atoms with E-state index in [1.807, 2.05) is 12.3 Å². The Morgan fingerprint density at radius 1 is 1.39 bits per heavy atom. The molecule has 0 aliphatic carbocycles. The van der Waals surface area contributed by atoms with Gasteiger partial charge >= 0.3 is 0 Å². The van der Waals surface area contributed by atoms with Crippen molar-refractivity contribution in [2.24, 2.45) is 5.73 Å². The minimum Gasteiger partial charge on any atom is -0.372 e. The van der Waals surface area contributed by atoms with E-state index in [2.05, 4.69) is 36.7 Å². The number of nitrogens with two attached hydrogens (primary N) is 1. The van der Waals surface area contributed by atoms with Crippen LogP contribution in [0.2, 0.25) is 0 Å². The fraction of sp³-hybridized carbons (Fsp3) is 0.643. The second kappa shape index (κ2) is 5.67. The molecule has 1 aromatic heterocycles. The van der Waals surface area contributed by atoms with E-state index in [0.29, 0.717) is 0 Å². The number of ether oxygens (including phenoxy) is 1. The molecular weight excluding hydrogens is 226 g/mol. The second-order valence-electron chi connectivity index (χ2n) is 5.12. The van der Waals surface area contributed by atoms with Crippen molar-refractivity contribution in [1.82, 2.24) is 4.98 Å². The zero-order chi connectivity index (χ0) is 13.1. The molecule has 1 aromatic rings. The predicted molar refractivity (Wildman–Crippen MR) is 73.7 cm³/mol. The normalized spacial score (nSPS) is 26.1. The van der Waals surface area contributed by atoms with Crippen LogP contribution in [-0.2, 0) is 4.74 Å². The Balaban J connectivity index is 2.09. The van der Waals surface area contributed by atoms with E-state index in [1.54, 1.807) is 0 Å². The van der Waals surface area contributed by atoms with E-state index in [-0.39, 0.29) is 18.2 Å². The first-order chi connectivity index (χ1) is 8.60. The van der Waals surface area contributed by atoms with Crippen molar-refractivity contribution in [2.45, 2.75) is 45.4 Å². The van der Waals surface area contributed by atoms with Gasteiger partial charge in [0.05, 0.1) is 29.8 Å². The number of aromatic nitrogens is 1. The van der Waals surface area contributed by atoms with E-state index < -0.39 is 0 Å². The van der Waals surface area contributed by atoms with Crippen LogP contribution in [0.4, 0.5) is 5.69 Å². The quantitative estimate of drug-likeness (QED) is 0.891. The Morgan fingerprint density at radius 3 is 2.56 bits per heavy atom. The van der Waals surface area contributed by atoms with Crippen molar-refractivity contribution in [3.63, 3.8) is 0 Å². The van der Waals surface area contributed by atoms with Crippen LogP contribution in [0.15, 0.2) is 18.3 Å². The lowest BCUT2D eigenvalue weighted by Gasteiger charge is -2.36. The molecule has 1 aliphatic heterocycles. The summed E-state index contributed by atoms with van der Waals surface area (Å²) < 4.78 is 5.74. The molecule has 0 radical (unpaired) electrons. The van der Waals surface area contributed by atoms with Gasteiger partial charge in [-0.05, 0) is 32.4 Å². The van der Waals surface area contributed by atoms with E-state index in [1.165, 1.54) is 0 Å². The molecule has 1 saturated heterocycles. The van der Waals surface area contributed by atoms with Gasteiger partial charge in [0.15, 0.2) is 0 Å². The van der Waals surface area contributed by atoms with Crippen molar-refractivity contribution in [2.75, 3.05) is 18.0 Å². The molecule has 1 aliphatic rings. The van der Waals surface area contributed by atoms with Gasteiger partial charge in [-0.3, -0.25) is 4.98 Å². The Kier molecular flexibility index (Phi) is 4.19. The fourth-order valence-corrected chi connectivity index (χ4v) is 2.40. The van der Waals surface area contributed by atoms with Crippen molar-refractivity contribution >= 4 is 5.69 Å². The van der Waals surface area contributed by atoms with Crippen LogP contribution in [0.1, 0.15) is 38.9 Å². The number of anilines is 1. The molecule has 18 heavy (non-hydrogen) atoms. The molecule has 2 unspecified atom stereocenters. The molecule has 1 fully saturated rings. The van der Waals surface area contributed by atoms with Crippen molar-refractivity contribution in [1.29, 1.82) is 0 Å².